The smallest absolute Gasteiger partial charge is 0.251 e. The minimum atomic E-state index is -0.180. The normalized spacial score (nSPS) is 13.5. The first-order chi connectivity index (χ1) is 9.56. The maximum atomic E-state index is 12.3. The second-order valence-corrected chi connectivity index (χ2v) is 7.03. The molecule has 0 saturated carbocycles. The standard InChI is InChI=1S/C14H11Cl2NO2S/c15-12-6-9(14(16)20-12)11(18)7-17-10-3-1-2-8(10)4-5-13(17)19/h4-6H,1-3,7H2. The molecule has 20 heavy (non-hydrogen) atoms. The van der Waals surface area contributed by atoms with Gasteiger partial charge in [-0.2, -0.15) is 0 Å². The summed E-state index contributed by atoms with van der Waals surface area (Å²) in [5.74, 6) is -0.180. The van der Waals surface area contributed by atoms with Crippen molar-refractivity contribution in [2.45, 2.75) is 25.8 Å². The van der Waals surface area contributed by atoms with Gasteiger partial charge in [0.1, 0.15) is 4.34 Å². The molecule has 3 nitrogen and oxygen atoms in total. The summed E-state index contributed by atoms with van der Waals surface area (Å²) in [6, 6.07) is 4.95. The summed E-state index contributed by atoms with van der Waals surface area (Å²) < 4.78 is 2.41. The molecule has 0 spiro atoms. The lowest BCUT2D eigenvalue weighted by Crippen LogP contribution is -2.26. The zero-order chi connectivity index (χ0) is 14.3. The molecule has 0 saturated heterocycles. The topological polar surface area (TPSA) is 39.1 Å². The predicted molar refractivity (Wildman–Crippen MR) is 81.4 cm³/mol. The number of pyridine rings is 1. The zero-order valence-corrected chi connectivity index (χ0v) is 12.8. The third kappa shape index (κ3) is 2.43. The highest BCUT2D eigenvalue weighted by atomic mass is 35.5. The second kappa shape index (κ2) is 5.35. The number of nitrogens with zero attached hydrogens (tertiary/aromatic N) is 1. The average Bonchev–Trinajstić information content (AvgIpc) is 2.99. The molecular formula is C14H11Cl2NO2S. The molecule has 6 heteroatoms. The highest BCUT2D eigenvalue weighted by molar-refractivity contribution is 7.20. The first-order valence-corrected chi connectivity index (χ1v) is 7.83. The van der Waals surface area contributed by atoms with Crippen LogP contribution in [0.4, 0.5) is 0 Å². The molecule has 0 aliphatic heterocycles. The molecule has 0 N–H and O–H groups in total. The van der Waals surface area contributed by atoms with E-state index in [-0.39, 0.29) is 17.9 Å². The highest BCUT2D eigenvalue weighted by Gasteiger charge is 2.20. The van der Waals surface area contributed by atoms with Gasteiger partial charge in [0.25, 0.3) is 5.56 Å². The predicted octanol–water partition coefficient (Wildman–Crippen LogP) is 3.59. The molecule has 3 rings (SSSR count). The summed E-state index contributed by atoms with van der Waals surface area (Å²) >= 11 is 13.0. The number of fused-ring (bicyclic) bond motifs is 1. The van der Waals surface area contributed by atoms with E-state index in [0.717, 1.165) is 41.9 Å². The number of aryl methyl sites for hydroxylation is 1. The van der Waals surface area contributed by atoms with Gasteiger partial charge in [-0.1, -0.05) is 29.3 Å². The van der Waals surface area contributed by atoms with Crippen molar-refractivity contribution in [2.24, 2.45) is 0 Å². The van der Waals surface area contributed by atoms with Crippen molar-refractivity contribution in [3.8, 4) is 0 Å². The molecule has 0 amide bonds. The van der Waals surface area contributed by atoms with Crippen LogP contribution < -0.4 is 5.56 Å². The Labute approximate surface area is 129 Å². The van der Waals surface area contributed by atoms with E-state index in [9.17, 15) is 9.59 Å². The Bertz CT molecular complexity index is 748. The van der Waals surface area contributed by atoms with E-state index >= 15 is 0 Å². The maximum absolute atomic E-state index is 12.3. The van der Waals surface area contributed by atoms with Gasteiger partial charge in [0, 0.05) is 11.8 Å². The number of aromatic nitrogens is 1. The van der Waals surface area contributed by atoms with E-state index < -0.39 is 0 Å². The lowest BCUT2D eigenvalue weighted by molar-refractivity contribution is 0.0970. The van der Waals surface area contributed by atoms with Gasteiger partial charge in [-0.15, -0.1) is 11.3 Å². The van der Waals surface area contributed by atoms with Crippen LogP contribution in [0.25, 0.3) is 0 Å². The van der Waals surface area contributed by atoms with E-state index in [4.69, 9.17) is 23.2 Å². The fourth-order valence-corrected chi connectivity index (χ4v) is 4.07. The van der Waals surface area contributed by atoms with Gasteiger partial charge in [0.2, 0.25) is 0 Å². The molecule has 2 aromatic heterocycles. The summed E-state index contributed by atoms with van der Waals surface area (Å²) in [4.78, 5) is 24.3. The molecule has 0 fully saturated rings. The zero-order valence-electron chi connectivity index (χ0n) is 10.5. The number of rotatable bonds is 3. The molecular weight excluding hydrogens is 317 g/mol. The van der Waals surface area contributed by atoms with Gasteiger partial charge in [-0.25, -0.2) is 0 Å². The Balaban J connectivity index is 1.96. The van der Waals surface area contributed by atoms with Gasteiger partial charge in [-0.3, -0.25) is 9.59 Å². The van der Waals surface area contributed by atoms with E-state index in [0.29, 0.717) is 14.2 Å². The Kier molecular flexibility index (Phi) is 3.71. The number of carbonyl (C=O) groups excluding carboxylic acids is 1. The van der Waals surface area contributed by atoms with Crippen LogP contribution in [0.1, 0.15) is 28.0 Å². The second-order valence-electron chi connectivity index (χ2n) is 4.74. The monoisotopic (exact) mass is 327 g/mol. The highest BCUT2D eigenvalue weighted by Crippen LogP contribution is 2.31. The first kappa shape index (κ1) is 13.9. The number of ketones is 1. The number of halogens is 2. The van der Waals surface area contributed by atoms with Crippen molar-refractivity contribution in [2.75, 3.05) is 0 Å². The minimum absolute atomic E-state index is 0.0226. The van der Waals surface area contributed by atoms with E-state index in [1.54, 1.807) is 10.6 Å². The van der Waals surface area contributed by atoms with Crippen LogP contribution in [0.5, 0.6) is 0 Å². The molecule has 0 aromatic carbocycles. The Morgan fingerprint density at radius 1 is 1.30 bits per heavy atom. The van der Waals surface area contributed by atoms with Crippen LogP contribution >= 0.6 is 34.5 Å². The molecule has 0 unspecified atom stereocenters. The van der Waals surface area contributed by atoms with Gasteiger partial charge in [0.05, 0.1) is 16.4 Å². The summed E-state index contributed by atoms with van der Waals surface area (Å²) in [6.07, 6.45) is 2.84. The summed E-state index contributed by atoms with van der Waals surface area (Å²) in [5, 5.41) is 0. The van der Waals surface area contributed by atoms with Crippen molar-refractivity contribution < 1.29 is 4.79 Å². The molecule has 1 aliphatic carbocycles. The van der Waals surface area contributed by atoms with E-state index in [2.05, 4.69) is 0 Å². The number of Topliss-reactive ketones (excluding diaryl/α,β-unsaturated/α-hetero) is 1. The number of hydrogen-bond donors (Lipinski definition) is 0. The average molecular weight is 328 g/mol. The van der Waals surface area contributed by atoms with Gasteiger partial charge < -0.3 is 4.57 Å². The van der Waals surface area contributed by atoms with Crippen molar-refractivity contribution in [3.05, 3.63) is 54.0 Å². The van der Waals surface area contributed by atoms with Crippen LogP contribution in [-0.2, 0) is 19.4 Å². The van der Waals surface area contributed by atoms with Crippen molar-refractivity contribution in [1.82, 2.24) is 4.57 Å². The van der Waals surface area contributed by atoms with Crippen molar-refractivity contribution in [3.63, 3.8) is 0 Å². The van der Waals surface area contributed by atoms with Gasteiger partial charge in [-0.05, 0) is 30.9 Å². The van der Waals surface area contributed by atoms with Gasteiger partial charge in [0.15, 0.2) is 5.78 Å². The molecule has 1 aliphatic rings. The van der Waals surface area contributed by atoms with Gasteiger partial charge >= 0.3 is 0 Å². The van der Waals surface area contributed by atoms with Crippen LogP contribution in [0, 0.1) is 0 Å². The molecule has 0 bridgehead atoms. The van der Waals surface area contributed by atoms with E-state index in [1.165, 1.54) is 6.07 Å². The molecule has 0 radical (unpaired) electrons. The lowest BCUT2D eigenvalue weighted by atomic mass is 10.2. The largest absolute Gasteiger partial charge is 0.305 e. The lowest BCUT2D eigenvalue weighted by Gasteiger charge is -2.10. The maximum Gasteiger partial charge on any atom is 0.251 e. The number of thiophene rings is 1. The SMILES string of the molecule is O=C(Cn1c2c(ccc1=O)CCC2)c1cc(Cl)sc1Cl. The summed E-state index contributed by atoms with van der Waals surface area (Å²) in [5.41, 5.74) is 2.38. The van der Waals surface area contributed by atoms with Crippen LogP contribution in [0.2, 0.25) is 8.67 Å². The summed E-state index contributed by atoms with van der Waals surface area (Å²) in [7, 11) is 0. The van der Waals surface area contributed by atoms with Crippen LogP contribution in [0.3, 0.4) is 0 Å². The Hall–Kier alpha value is -1.10. The third-order valence-electron chi connectivity index (χ3n) is 3.51. The molecule has 2 aromatic rings. The minimum Gasteiger partial charge on any atom is -0.305 e. The Morgan fingerprint density at radius 3 is 2.80 bits per heavy atom. The number of hydrogen-bond acceptors (Lipinski definition) is 3. The van der Waals surface area contributed by atoms with Crippen LogP contribution in [-0.4, -0.2) is 10.4 Å². The first-order valence-electron chi connectivity index (χ1n) is 6.26. The van der Waals surface area contributed by atoms with Crippen molar-refractivity contribution >= 4 is 40.3 Å². The summed E-state index contributed by atoms with van der Waals surface area (Å²) in [6.45, 7) is 0.0226. The molecule has 104 valence electrons. The quantitative estimate of drug-likeness (QED) is 0.808. The molecule has 0 atom stereocenters. The van der Waals surface area contributed by atoms with E-state index in [1.807, 2.05) is 6.07 Å². The van der Waals surface area contributed by atoms with Crippen molar-refractivity contribution in [1.29, 1.82) is 0 Å². The third-order valence-corrected chi connectivity index (χ3v) is 5.00. The molecule has 2 heterocycles. The fraction of sp³-hybridized carbons (Fsp3) is 0.286. The Morgan fingerprint density at radius 2 is 2.10 bits per heavy atom. The van der Waals surface area contributed by atoms with Crippen LogP contribution in [0.15, 0.2) is 23.0 Å². The number of carbonyl (C=O) groups is 1. The fourth-order valence-electron chi connectivity index (χ4n) is 2.57.